The summed E-state index contributed by atoms with van der Waals surface area (Å²) in [7, 11) is 0. The molecule has 0 saturated carbocycles. The zero-order valence-electron chi connectivity index (χ0n) is 19.0. The number of Topliss-reactive ketones (excluding diaryl/α,β-unsaturated/α-hetero) is 1. The van der Waals surface area contributed by atoms with Gasteiger partial charge in [-0.1, -0.05) is 60.7 Å². The van der Waals surface area contributed by atoms with Crippen LogP contribution in [0.25, 0.3) is 0 Å². The summed E-state index contributed by atoms with van der Waals surface area (Å²) in [4.78, 5) is 27.6. The van der Waals surface area contributed by atoms with Crippen LogP contribution in [0.1, 0.15) is 25.0 Å². The maximum absolute atomic E-state index is 13.1. The van der Waals surface area contributed by atoms with Crippen molar-refractivity contribution < 1.29 is 9.59 Å². The lowest BCUT2D eigenvalue weighted by molar-refractivity contribution is -0.131. The lowest BCUT2D eigenvalue weighted by atomic mass is 10.1. The maximum atomic E-state index is 13.1. The Morgan fingerprint density at radius 2 is 1.47 bits per heavy atom. The first kappa shape index (κ1) is 21.9. The number of thioether (sulfide) groups is 1. The Balaban J connectivity index is 1.79. The first-order valence-electron chi connectivity index (χ1n) is 10.9. The molecule has 0 N–H and O–H groups in total. The molecule has 0 aliphatic carbocycles. The standard InChI is InChI=1S/C26H23N5O2S/c1-18-11-10-16-23(17-18)31-26(34-25(28-31)19(2)32)29(22-14-8-5-9-15-22)24(27-30(26)20(3)33)21-12-6-4-7-13-21/h4-17H,1-3H3/t26-/m0/s1. The lowest BCUT2D eigenvalue weighted by Crippen LogP contribution is -2.63. The second-order valence-electron chi connectivity index (χ2n) is 8.08. The maximum Gasteiger partial charge on any atom is 0.296 e. The minimum atomic E-state index is -1.27. The van der Waals surface area contributed by atoms with E-state index >= 15 is 0 Å². The molecule has 0 fully saturated rings. The van der Waals surface area contributed by atoms with Gasteiger partial charge >= 0.3 is 0 Å². The molecule has 34 heavy (non-hydrogen) atoms. The number of carbonyl (C=O) groups excluding carboxylic acids is 2. The second-order valence-corrected chi connectivity index (χ2v) is 9.22. The highest BCUT2D eigenvalue weighted by Gasteiger charge is 2.61. The van der Waals surface area contributed by atoms with E-state index in [1.54, 1.807) is 5.01 Å². The van der Waals surface area contributed by atoms with E-state index < -0.39 is 5.12 Å². The summed E-state index contributed by atoms with van der Waals surface area (Å²) >= 11 is 1.22. The van der Waals surface area contributed by atoms with Crippen LogP contribution in [0.2, 0.25) is 0 Å². The molecule has 2 aliphatic heterocycles. The van der Waals surface area contributed by atoms with E-state index in [1.165, 1.54) is 30.6 Å². The molecule has 0 radical (unpaired) electrons. The fourth-order valence-electron chi connectivity index (χ4n) is 4.10. The molecule has 7 nitrogen and oxygen atoms in total. The van der Waals surface area contributed by atoms with Crippen LogP contribution >= 0.6 is 11.8 Å². The molecule has 2 aliphatic rings. The van der Waals surface area contributed by atoms with Crippen molar-refractivity contribution in [2.24, 2.45) is 10.2 Å². The molecule has 2 heterocycles. The predicted octanol–water partition coefficient (Wildman–Crippen LogP) is 4.79. The summed E-state index contributed by atoms with van der Waals surface area (Å²) in [6, 6.07) is 27.3. The average molecular weight is 470 g/mol. The van der Waals surface area contributed by atoms with Crippen molar-refractivity contribution in [2.75, 3.05) is 9.91 Å². The van der Waals surface area contributed by atoms with Crippen LogP contribution in [0.4, 0.5) is 11.4 Å². The van der Waals surface area contributed by atoms with E-state index in [4.69, 9.17) is 10.2 Å². The smallest absolute Gasteiger partial charge is 0.292 e. The van der Waals surface area contributed by atoms with Crippen LogP contribution in [0.3, 0.4) is 0 Å². The summed E-state index contributed by atoms with van der Waals surface area (Å²) in [5.41, 5.74) is 3.45. The summed E-state index contributed by atoms with van der Waals surface area (Å²) < 4.78 is 0. The topological polar surface area (TPSA) is 68.6 Å². The third-order valence-electron chi connectivity index (χ3n) is 5.57. The number of para-hydroxylation sites is 1. The summed E-state index contributed by atoms with van der Waals surface area (Å²) in [6.07, 6.45) is 0. The van der Waals surface area contributed by atoms with Gasteiger partial charge in [-0.15, -0.1) is 5.10 Å². The number of anilines is 2. The van der Waals surface area contributed by atoms with Crippen molar-refractivity contribution >= 4 is 45.7 Å². The number of rotatable bonds is 4. The third-order valence-corrected chi connectivity index (χ3v) is 6.93. The van der Waals surface area contributed by atoms with Crippen molar-refractivity contribution in [2.45, 2.75) is 25.9 Å². The lowest BCUT2D eigenvalue weighted by Gasteiger charge is -2.44. The number of hydrogen-bond donors (Lipinski definition) is 0. The Morgan fingerprint density at radius 3 is 2.09 bits per heavy atom. The average Bonchev–Trinajstić information content (AvgIpc) is 3.40. The van der Waals surface area contributed by atoms with Crippen LogP contribution in [-0.2, 0) is 9.59 Å². The quantitative estimate of drug-likeness (QED) is 0.549. The van der Waals surface area contributed by atoms with Gasteiger partial charge in [-0.05, 0) is 48.5 Å². The van der Waals surface area contributed by atoms with E-state index in [9.17, 15) is 9.59 Å². The number of aryl methyl sites for hydroxylation is 1. The number of ketones is 1. The van der Waals surface area contributed by atoms with Crippen molar-refractivity contribution in [3.63, 3.8) is 0 Å². The normalized spacial score (nSPS) is 19.4. The van der Waals surface area contributed by atoms with Gasteiger partial charge in [-0.3, -0.25) is 14.5 Å². The van der Waals surface area contributed by atoms with Crippen molar-refractivity contribution in [3.05, 3.63) is 96.1 Å². The Labute approximate surface area is 202 Å². The van der Waals surface area contributed by atoms with E-state index in [0.29, 0.717) is 10.9 Å². The van der Waals surface area contributed by atoms with Gasteiger partial charge in [0.2, 0.25) is 5.91 Å². The molecule has 3 aromatic carbocycles. The number of amides is 1. The Hall–Kier alpha value is -3.91. The summed E-state index contributed by atoms with van der Waals surface area (Å²) in [5.74, 6) is 0.147. The molecular formula is C26H23N5O2S. The minimum Gasteiger partial charge on any atom is -0.292 e. The largest absolute Gasteiger partial charge is 0.296 e. The molecule has 0 bridgehead atoms. The molecule has 1 spiro atoms. The van der Waals surface area contributed by atoms with Gasteiger partial charge in [-0.25, -0.2) is 5.01 Å². The highest BCUT2D eigenvalue weighted by molar-refractivity contribution is 8.17. The molecule has 1 amide bonds. The van der Waals surface area contributed by atoms with Crippen LogP contribution in [0.15, 0.2) is 95.1 Å². The number of benzene rings is 3. The van der Waals surface area contributed by atoms with Crippen LogP contribution in [0, 0.1) is 6.92 Å². The third kappa shape index (κ3) is 3.47. The second kappa shape index (κ2) is 8.46. The van der Waals surface area contributed by atoms with Crippen molar-refractivity contribution in [1.82, 2.24) is 5.01 Å². The van der Waals surface area contributed by atoms with Gasteiger partial charge in [0.15, 0.2) is 16.7 Å². The Morgan fingerprint density at radius 1 is 0.824 bits per heavy atom. The molecular weight excluding hydrogens is 446 g/mol. The summed E-state index contributed by atoms with van der Waals surface area (Å²) in [5, 5.41) is 11.7. The molecule has 0 aromatic heterocycles. The molecule has 0 unspecified atom stereocenters. The van der Waals surface area contributed by atoms with E-state index in [-0.39, 0.29) is 11.7 Å². The highest BCUT2D eigenvalue weighted by atomic mass is 32.2. The van der Waals surface area contributed by atoms with E-state index in [1.807, 2.05) is 96.8 Å². The molecule has 5 rings (SSSR count). The van der Waals surface area contributed by atoms with Crippen LogP contribution < -0.4 is 9.91 Å². The van der Waals surface area contributed by atoms with E-state index in [0.717, 1.165) is 22.5 Å². The van der Waals surface area contributed by atoms with Crippen molar-refractivity contribution in [1.29, 1.82) is 0 Å². The molecule has 0 saturated heterocycles. The molecule has 170 valence electrons. The van der Waals surface area contributed by atoms with Gasteiger partial charge in [0.05, 0.1) is 5.69 Å². The minimum absolute atomic E-state index is 0.177. The summed E-state index contributed by atoms with van der Waals surface area (Å²) in [6.45, 7) is 4.95. The van der Waals surface area contributed by atoms with Gasteiger partial charge in [0.25, 0.3) is 5.12 Å². The van der Waals surface area contributed by atoms with Crippen molar-refractivity contribution in [3.8, 4) is 0 Å². The van der Waals surface area contributed by atoms with Crippen LogP contribution in [0.5, 0.6) is 0 Å². The Bertz CT molecular complexity index is 1330. The number of carbonyl (C=O) groups is 2. The fourth-order valence-corrected chi connectivity index (χ4v) is 5.40. The zero-order valence-corrected chi connectivity index (χ0v) is 19.9. The molecule has 8 heteroatoms. The molecule has 3 aromatic rings. The van der Waals surface area contributed by atoms with Gasteiger partial charge < -0.3 is 0 Å². The predicted molar refractivity (Wildman–Crippen MR) is 137 cm³/mol. The SMILES string of the molecule is CC(=O)C1=NN(c2cccc(C)c2)[C@@]2(S1)N(C(C)=O)N=C(c1ccccc1)N2c1ccccc1. The molecule has 1 atom stereocenters. The van der Waals surface area contributed by atoms with Gasteiger partial charge in [-0.2, -0.15) is 10.1 Å². The first-order chi connectivity index (χ1) is 16.4. The number of nitrogens with zero attached hydrogens (tertiary/aromatic N) is 5. The Kier molecular flexibility index (Phi) is 5.45. The number of hydrazone groups is 2. The van der Waals surface area contributed by atoms with E-state index in [2.05, 4.69) is 0 Å². The fraction of sp³-hybridized carbons (Fsp3) is 0.154. The first-order valence-corrected chi connectivity index (χ1v) is 11.7. The zero-order chi connectivity index (χ0) is 23.9. The van der Waals surface area contributed by atoms with Crippen LogP contribution in [-0.4, -0.2) is 32.7 Å². The van der Waals surface area contributed by atoms with Gasteiger partial charge in [0.1, 0.15) is 0 Å². The monoisotopic (exact) mass is 469 g/mol. The highest BCUT2D eigenvalue weighted by Crippen LogP contribution is 2.51. The number of amidine groups is 1. The van der Waals surface area contributed by atoms with Gasteiger partial charge in [0, 0.05) is 25.1 Å². The number of hydrogen-bond acceptors (Lipinski definition) is 7.